The number of hydrogen-bond acceptors (Lipinski definition) is 3. The highest BCUT2D eigenvalue weighted by molar-refractivity contribution is 7.89. The lowest BCUT2D eigenvalue weighted by molar-refractivity contribution is 0.261. The molecule has 1 aliphatic rings. The Morgan fingerprint density at radius 2 is 2.10 bits per heavy atom. The van der Waals surface area contributed by atoms with Crippen LogP contribution in [-0.2, 0) is 16.6 Å². The third-order valence-corrected chi connectivity index (χ3v) is 6.28. The highest BCUT2D eigenvalue weighted by Crippen LogP contribution is 2.27. The Balaban J connectivity index is 2.16. The highest BCUT2D eigenvalue weighted by atomic mass is 35.5. The Hall–Kier alpha value is -0.590. The summed E-state index contributed by atoms with van der Waals surface area (Å²) in [6, 6.07) is 0.139. The average Bonchev–Trinajstić information content (AvgIpc) is 2.96. The van der Waals surface area contributed by atoms with Gasteiger partial charge in [-0.25, -0.2) is 8.42 Å². The molecule has 7 heteroatoms. The molecule has 0 spiro atoms. The van der Waals surface area contributed by atoms with Crippen molar-refractivity contribution >= 4 is 21.6 Å². The summed E-state index contributed by atoms with van der Waals surface area (Å²) in [4.78, 5) is 0.296. The van der Waals surface area contributed by atoms with Gasteiger partial charge < -0.3 is 0 Å². The Morgan fingerprint density at radius 3 is 2.71 bits per heavy atom. The van der Waals surface area contributed by atoms with E-state index < -0.39 is 10.0 Å². The van der Waals surface area contributed by atoms with Crippen LogP contribution in [-0.4, -0.2) is 41.0 Å². The molecule has 1 heterocycles. The standard InChI is InChI=1S/C14H24ClN3O2S/c1-2-18(13-7-4-3-5-8-13)21(19,20)14-11-16-17(12-14)10-6-9-15/h11-13H,2-10H2,1H3. The first-order chi connectivity index (χ1) is 10.1. The molecule has 1 aromatic rings. The molecule has 2 rings (SSSR count). The van der Waals surface area contributed by atoms with Crippen LogP contribution in [0.1, 0.15) is 45.4 Å². The summed E-state index contributed by atoms with van der Waals surface area (Å²) in [5.74, 6) is 0.547. The quantitative estimate of drug-likeness (QED) is 0.721. The van der Waals surface area contributed by atoms with Crippen LogP contribution in [0.5, 0.6) is 0 Å². The summed E-state index contributed by atoms with van der Waals surface area (Å²) in [6.07, 6.45) is 9.23. The van der Waals surface area contributed by atoms with Gasteiger partial charge in [0.25, 0.3) is 0 Å². The fourth-order valence-electron chi connectivity index (χ4n) is 2.95. The first-order valence-electron chi connectivity index (χ1n) is 7.70. The summed E-state index contributed by atoms with van der Waals surface area (Å²) in [5.41, 5.74) is 0. The number of rotatable bonds is 7. The van der Waals surface area contributed by atoms with Crippen LogP contribution >= 0.6 is 11.6 Å². The molecular formula is C14H24ClN3O2S. The Morgan fingerprint density at radius 1 is 1.38 bits per heavy atom. The van der Waals surface area contributed by atoms with Gasteiger partial charge in [-0.3, -0.25) is 4.68 Å². The molecule has 1 saturated carbocycles. The van der Waals surface area contributed by atoms with Crippen molar-refractivity contribution < 1.29 is 8.42 Å². The van der Waals surface area contributed by atoms with E-state index in [0.29, 0.717) is 23.9 Å². The van der Waals surface area contributed by atoms with Crippen LogP contribution in [0, 0.1) is 0 Å². The van der Waals surface area contributed by atoms with E-state index in [4.69, 9.17) is 11.6 Å². The Kier molecular flexibility index (Phi) is 6.08. The van der Waals surface area contributed by atoms with E-state index in [9.17, 15) is 8.42 Å². The topological polar surface area (TPSA) is 55.2 Å². The van der Waals surface area contributed by atoms with Crippen LogP contribution in [0.3, 0.4) is 0 Å². The predicted octanol–water partition coefficient (Wildman–Crippen LogP) is 2.86. The minimum absolute atomic E-state index is 0.139. The van der Waals surface area contributed by atoms with Crippen LogP contribution in [0.25, 0.3) is 0 Å². The monoisotopic (exact) mass is 333 g/mol. The van der Waals surface area contributed by atoms with Crippen molar-refractivity contribution in [2.75, 3.05) is 12.4 Å². The summed E-state index contributed by atoms with van der Waals surface area (Å²) < 4.78 is 28.9. The zero-order chi connectivity index (χ0) is 15.3. The lowest BCUT2D eigenvalue weighted by Crippen LogP contribution is -2.41. The lowest BCUT2D eigenvalue weighted by atomic mass is 9.95. The first kappa shape index (κ1) is 16.8. The lowest BCUT2D eigenvalue weighted by Gasteiger charge is -2.32. The number of aryl methyl sites for hydroxylation is 1. The molecule has 0 amide bonds. The predicted molar refractivity (Wildman–Crippen MR) is 84.0 cm³/mol. The second kappa shape index (κ2) is 7.61. The molecule has 0 aromatic carbocycles. The number of nitrogens with zero attached hydrogens (tertiary/aromatic N) is 3. The van der Waals surface area contributed by atoms with Gasteiger partial charge in [0.1, 0.15) is 4.90 Å². The second-order valence-corrected chi connectivity index (χ2v) is 7.75. The molecule has 0 aliphatic heterocycles. The summed E-state index contributed by atoms with van der Waals surface area (Å²) >= 11 is 5.65. The van der Waals surface area contributed by atoms with E-state index >= 15 is 0 Å². The minimum Gasteiger partial charge on any atom is -0.271 e. The molecule has 0 N–H and O–H groups in total. The Bertz CT molecular complexity index is 538. The molecule has 0 saturated heterocycles. The molecule has 0 unspecified atom stereocenters. The van der Waals surface area contributed by atoms with Gasteiger partial charge in [0, 0.05) is 31.2 Å². The van der Waals surface area contributed by atoms with Crippen LogP contribution in [0.15, 0.2) is 17.3 Å². The minimum atomic E-state index is -3.44. The summed E-state index contributed by atoms with van der Waals surface area (Å²) in [5, 5.41) is 4.13. The van der Waals surface area contributed by atoms with E-state index in [1.165, 1.54) is 12.6 Å². The molecule has 0 radical (unpaired) electrons. The molecule has 1 aliphatic carbocycles. The van der Waals surface area contributed by atoms with Gasteiger partial charge in [0.2, 0.25) is 10.0 Å². The number of halogens is 1. The number of aromatic nitrogens is 2. The van der Waals surface area contributed by atoms with Gasteiger partial charge in [0.05, 0.1) is 6.20 Å². The van der Waals surface area contributed by atoms with Crippen molar-refractivity contribution in [2.24, 2.45) is 0 Å². The van der Waals surface area contributed by atoms with Gasteiger partial charge in [0.15, 0.2) is 0 Å². The number of hydrogen-bond donors (Lipinski definition) is 0. The zero-order valence-electron chi connectivity index (χ0n) is 12.5. The molecule has 0 bridgehead atoms. The summed E-state index contributed by atoms with van der Waals surface area (Å²) in [6.45, 7) is 3.07. The average molecular weight is 334 g/mol. The molecule has 1 fully saturated rings. The van der Waals surface area contributed by atoms with Crippen molar-refractivity contribution in [2.45, 2.75) is 62.9 Å². The maximum Gasteiger partial charge on any atom is 0.246 e. The van der Waals surface area contributed by atoms with Crippen molar-refractivity contribution in [3.63, 3.8) is 0 Å². The number of alkyl halides is 1. The van der Waals surface area contributed by atoms with Crippen LogP contribution in [0.2, 0.25) is 0 Å². The van der Waals surface area contributed by atoms with Gasteiger partial charge in [-0.15, -0.1) is 11.6 Å². The van der Waals surface area contributed by atoms with Gasteiger partial charge in [-0.2, -0.15) is 9.40 Å². The first-order valence-corrected chi connectivity index (χ1v) is 9.67. The molecule has 0 atom stereocenters. The van der Waals surface area contributed by atoms with Crippen LogP contribution in [0.4, 0.5) is 0 Å². The van der Waals surface area contributed by atoms with Crippen molar-refractivity contribution in [1.29, 1.82) is 0 Å². The summed E-state index contributed by atoms with van der Waals surface area (Å²) in [7, 11) is -3.44. The van der Waals surface area contributed by atoms with Gasteiger partial charge >= 0.3 is 0 Å². The van der Waals surface area contributed by atoms with Gasteiger partial charge in [-0.05, 0) is 19.3 Å². The van der Waals surface area contributed by atoms with E-state index in [0.717, 1.165) is 32.1 Å². The molecule has 1 aromatic heterocycles. The third kappa shape index (κ3) is 3.99. The van der Waals surface area contributed by atoms with Crippen LogP contribution < -0.4 is 0 Å². The van der Waals surface area contributed by atoms with Crippen molar-refractivity contribution in [3.05, 3.63) is 12.4 Å². The van der Waals surface area contributed by atoms with E-state index in [1.807, 2.05) is 6.92 Å². The maximum absolute atomic E-state index is 12.8. The molecule has 5 nitrogen and oxygen atoms in total. The molecule has 120 valence electrons. The zero-order valence-corrected chi connectivity index (χ0v) is 14.1. The SMILES string of the molecule is CCN(C1CCCCC1)S(=O)(=O)c1cnn(CCCCl)c1. The smallest absolute Gasteiger partial charge is 0.246 e. The second-order valence-electron chi connectivity index (χ2n) is 5.48. The van der Waals surface area contributed by atoms with E-state index in [-0.39, 0.29) is 6.04 Å². The third-order valence-electron chi connectivity index (χ3n) is 4.03. The molecular weight excluding hydrogens is 310 g/mol. The maximum atomic E-state index is 12.8. The fraction of sp³-hybridized carbons (Fsp3) is 0.786. The van der Waals surface area contributed by atoms with Crippen molar-refractivity contribution in [3.8, 4) is 0 Å². The number of sulfonamides is 1. The van der Waals surface area contributed by atoms with E-state index in [2.05, 4.69) is 5.10 Å². The highest BCUT2D eigenvalue weighted by Gasteiger charge is 2.31. The van der Waals surface area contributed by atoms with Crippen molar-refractivity contribution in [1.82, 2.24) is 14.1 Å². The normalized spacial score (nSPS) is 17.5. The Labute approximate surface area is 132 Å². The largest absolute Gasteiger partial charge is 0.271 e. The fourth-order valence-corrected chi connectivity index (χ4v) is 4.72. The van der Waals surface area contributed by atoms with E-state index in [1.54, 1.807) is 15.2 Å². The molecule has 21 heavy (non-hydrogen) atoms. The van der Waals surface area contributed by atoms with Gasteiger partial charge in [-0.1, -0.05) is 26.2 Å².